The van der Waals surface area contributed by atoms with Gasteiger partial charge in [-0.25, -0.2) is 9.18 Å². The number of aromatic nitrogens is 1. The Balaban J connectivity index is 1.71. The molecule has 0 spiro atoms. The SMILES string of the molecule is O=C(Nc1ccccc1F)N1CCc2cccnc2[C@H]1c1ccc(C(F)(F)F)cc1. The zero-order chi connectivity index (χ0) is 21.3. The Hall–Kier alpha value is -3.42. The van der Waals surface area contributed by atoms with E-state index in [1.54, 1.807) is 18.3 Å². The van der Waals surface area contributed by atoms with Gasteiger partial charge in [0.2, 0.25) is 0 Å². The van der Waals surface area contributed by atoms with Crippen LogP contribution in [0.4, 0.5) is 28.0 Å². The number of hydrogen-bond acceptors (Lipinski definition) is 2. The van der Waals surface area contributed by atoms with Crippen molar-refractivity contribution in [3.63, 3.8) is 0 Å². The van der Waals surface area contributed by atoms with Crippen molar-refractivity contribution in [1.82, 2.24) is 9.88 Å². The van der Waals surface area contributed by atoms with Crippen LogP contribution in [0, 0.1) is 5.82 Å². The molecular formula is C22H17F4N3O. The molecule has 2 amide bonds. The molecule has 0 fully saturated rings. The highest BCUT2D eigenvalue weighted by molar-refractivity contribution is 5.90. The lowest BCUT2D eigenvalue weighted by atomic mass is 9.92. The number of carbonyl (C=O) groups excluding carboxylic acids is 1. The number of amides is 2. The minimum Gasteiger partial charge on any atom is -0.311 e. The highest BCUT2D eigenvalue weighted by Gasteiger charge is 2.35. The topological polar surface area (TPSA) is 45.2 Å². The second kappa shape index (κ2) is 7.78. The van der Waals surface area contributed by atoms with Crippen molar-refractivity contribution in [2.75, 3.05) is 11.9 Å². The number of benzene rings is 2. The minimum absolute atomic E-state index is 0.0282. The maximum Gasteiger partial charge on any atom is 0.416 e. The molecule has 0 saturated carbocycles. The molecule has 1 aliphatic rings. The predicted molar refractivity (Wildman–Crippen MR) is 103 cm³/mol. The molecule has 1 aliphatic heterocycles. The van der Waals surface area contributed by atoms with E-state index in [1.807, 2.05) is 6.07 Å². The molecule has 4 rings (SSSR count). The van der Waals surface area contributed by atoms with Gasteiger partial charge in [0.1, 0.15) is 11.9 Å². The first-order chi connectivity index (χ1) is 14.3. The predicted octanol–water partition coefficient (Wildman–Crippen LogP) is 5.42. The Labute approximate surface area is 170 Å². The van der Waals surface area contributed by atoms with Gasteiger partial charge < -0.3 is 10.2 Å². The molecule has 3 aromatic rings. The molecule has 0 saturated heterocycles. The van der Waals surface area contributed by atoms with Crippen molar-refractivity contribution < 1.29 is 22.4 Å². The van der Waals surface area contributed by atoms with E-state index in [0.717, 1.165) is 17.7 Å². The van der Waals surface area contributed by atoms with Gasteiger partial charge in [-0.05, 0) is 47.9 Å². The maximum absolute atomic E-state index is 14.0. The summed E-state index contributed by atoms with van der Waals surface area (Å²) in [5.41, 5.74) is 1.25. The molecule has 0 bridgehead atoms. The fourth-order valence-corrected chi connectivity index (χ4v) is 3.59. The van der Waals surface area contributed by atoms with Gasteiger partial charge in [0.25, 0.3) is 0 Å². The van der Waals surface area contributed by atoms with Gasteiger partial charge in [0, 0.05) is 12.7 Å². The molecule has 2 aromatic carbocycles. The molecule has 30 heavy (non-hydrogen) atoms. The Morgan fingerprint density at radius 2 is 1.77 bits per heavy atom. The molecule has 1 atom stereocenters. The van der Waals surface area contributed by atoms with Crippen molar-refractivity contribution in [2.24, 2.45) is 0 Å². The minimum atomic E-state index is -4.46. The van der Waals surface area contributed by atoms with E-state index in [9.17, 15) is 22.4 Å². The lowest BCUT2D eigenvalue weighted by molar-refractivity contribution is -0.137. The first-order valence-corrected chi connectivity index (χ1v) is 9.27. The average Bonchev–Trinajstić information content (AvgIpc) is 2.74. The van der Waals surface area contributed by atoms with Gasteiger partial charge in [0.05, 0.1) is 16.9 Å². The highest BCUT2D eigenvalue weighted by atomic mass is 19.4. The van der Waals surface area contributed by atoms with Crippen LogP contribution in [-0.2, 0) is 12.6 Å². The van der Waals surface area contributed by atoms with Crippen molar-refractivity contribution in [1.29, 1.82) is 0 Å². The first kappa shape index (κ1) is 19.9. The lowest BCUT2D eigenvalue weighted by Crippen LogP contribution is -2.43. The number of halogens is 4. The number of para-hydroxylation sites is 1. The third-order valence-corrected chi connectivity index (χ3v) is 5.05. The molecule has 8 heteroatoms. The molecule has 4 nitrogen and oxygen atoms in total. The number of fused-ring (bicyclic) bond motifs is 1. The monoisotopic (exact) mass is 415 g/mol. The number of nitrogens with zero attached hydrogens (tertiary/aromatic N) is 2. The van der Waals surface area contributed by atoms with Crippen LogP contribution in [0.25, 0.3) is 0 Å². The zero-order valence-electron chi connectivity index (χ0n) is 15.7. The fraction of sp³-hybridized carbons (Fsp3) is 0.182. The van der Waals surface area contributed by atoms with E-state index in [0.29, 0.717) is 24.2 Å². The number of nitrogens with one attached hydrogen (secondary N) is 1. The second-order valence-corrected chi connectivity index (χ2v) is 6.92. The summed E-state index contributed by atoms with van der Waals surface area (Å²) in [6, 6.07) is 12.9. The number of carbonyl (C=O) groups is 1. The third kappa shape index (κ3) is 3.85. The average molecular weight is 415 g/mol. The van der Waals surface area contributed by atoms with Gasteiger partial charge in [-0.1, -0.05) is 30.3 Å². The number of alkyl halides is 3. The van der Waals surface area contributed by atoms with Crippen LogP contribution in [0.2, 0.25) is 0 Å². The Morgan fingerprint density at radius 1 is 1.03 bits per heavy atom. The van der Waals surface area contributed by atoms with Crippen LogP contribution in [-0.4, -0.2) is 22.5 Å². The number of urea groups is 1. The first-order valence-electron chi connectivity index (χ1n) is 9.27. The molecule has 0 unspecified atom stereocenters. The highest BCUT2D eigenvalue weighted by Crippen LogP contribution is 2.36. The van der Waals surface area contributed by atoms with E-state index in [-0.39, 0.29) is 5.69 Å². The van der Waals surface area contributed by atoms with Crippen molar-refractivity contribution in [3.05, 3.63) is 95.1 Å². The van der Waals surface area contributed by atoms with Crippen LogP contribution in [0.5, 0.6) is 0 Å². The standard InChI is InChI=1S/C22H17F4N3O/c23-17-5-1-2-6-18(17)28-21(30)29-13-11-14-4-3-12-27-19(14)20(29)15-7-9-16(10-8-15)22(24,25)26/h1-10,12,20H,11,13H2,(H,28,30)/t20-/m1/s1. The largest absolute Gasteiger partial charge is 0.416 e. The summed E-state index contributed by atoms with van der Waals surface area (Å²) in [7, 11) is 0. The quantitative estimate of drug-likeness (QED) is 0.568. The molecule has 154 valence electrons. The molecule has 2 heterocycles. The maximum atomic E-state index is 14.0. The summed E-state index contributed by atoms with van der Waals surface area (Å²) in [6.45, 7) is 0.310. The van der Waals surface area contributed by atoms with E-state index in [1.165, 1.54) is 35.2 Å². The third-order valence-electron chi connectivity index (χ3n) is 5.05. The van der Waals surface area contributed by atoms with Crippen LogP contribution in [0.1, 0.15) is 28.4 Å². The second-order valence-electron chi connectivity index (χ2n) is 6.92. The Bertz CT molecular complexity index is 1070. The summed E-state index contributed by atoms with van der Waals surface area (Å²) in [6.07, 6.45) is -2.34. The molecular weight excluding hydrogens is 398 g/mol. The van der Waals surface area contributed by atoms with Gasteiger partial charge >= 0.3 is 12.2 Å². The van der Waals surface area contributed by atoms with Gasteiger partial charge in [-0.15, -0.1) is 0 Å². The molecule has 1 aromatic heterocycles. The normalized spacial score (nSPS) is 16.1. The number of hydrogen-bond donors (Lipinski definition) is 1. The summed E-state index contributed by atoms with van der Waals surface area (Å²) < 4.78 is 52.9. The van der Waals surface area contributed by atoms with Crippen molar-refractivity contribution in [3.8, 4) is 0 Å². The fourth-order valence-electron chi connectivity index (χ4n) is 3.59. The smallest absolute Gasteiger partial charge is 0.311 e. The van der Waals surface area contributed by atoms with E-state index < -0.39 is 29.6 Å². The van der Waals surface area contributed by atoms with Gasteiger partial charge in [-0.2, -0.15) is 13.2 Å². The molecule has 0 aliphatic carbocycles. The molecule has 0 radical (unpaired) electrons. The summed E-state index contributed by atoms with van der Waals surface area (Å²) >= 11 is 0. The van der Waals surface area contributed by atoms with Crippen molar-refractivity contribution >= 4 is 11.7 Å². The summed E-state index contributed by atoms with van der Waals surface area (Å²) in [5.74, 6) is -0.576. The van der Waals surface area contributed by atoms with Gasteiger partial charge in [0.15, 0.2) is 0 Å². The van der Waals surface area contributed by atoms with E-state index in [2.05, 4.69) is 10.3 Å². The van der Waals surface area contributed by atoms with Crippen LogP contribution in [0.3, 0.4) is 0 Å². The van der Waals surface area contributed by atoms with Crippen molar-refractivity contribution in [2.45, 2.75) is 18.6 Å². The summed E-state index contributed by atoms with van der Waals surface area (Å²) in [4.78, 5) is 18.8. The molecule has 1 N–H and O–H groups in total. The van der Waals surface area contributed by atoms with Crippen LogP contribution < -0.4 is 5.32 Å². The lowest BCUT2D eigenvalue weighted by Gasteiger charge is -2.36. The van der Waals surface area contributed by atoms with Gasteiger partial charge in [-0.3, -0.25) is 4.98 Å². The van der Waals surface area contributed by atoms with E-state index >= 15 is 0 Å². The summed E-state index contributed by atoms with van der Waals surface area (Å²) in [5, 5.41) is 2.55. The Kier molecular flexibility index (Phi) is 5.15. The number of anilines is 1. The number of rotatable bonds is 2. The van der Waals surface area contributed by atoms with Crippen LogP contribution in [0.15, 0.2) is 66.9 Å². The van der Waals surface area contributed by atoms with E-state index in [4.69, 9.17) is 0 Å². The number of pyridine rings is 1. The Morgan fingerprint density at radius 3 is 2.47 bits per heavy atom. The zero-order valence-corrected chi connectivity index (χ0v) is 15.7. The van der Waals surface area contributed by atoms with Crippen LogP contribution >= 0.6 is 0 Å².